The highest BCUT2D eigenvalue weighted by atomic mass is 32.2. The van der Waals surface area contributed by atoms with E-state index in [4.69, 9.17) is 4.74 Å². The van der Waals surface area contributed by atoms with Crippen molar-refractivity contribution < 1.29 is 45.1 Å². The van der Waals surface area contributed by atoms with Gasteiger partial charge in [-0.1, -0.05) is 6.42 Å². The highest BCUT2D eigenvalue weighted by Crippen LogP contribution is 2.29. The van der Waals surface area contributed by atoms with E-state index in [1.165, 1.54) is 30.3 Å². The lowest BCUT2D eigenvalue weighted by atomic mass is 10.0. The largest absolute Gasteiger partial charge is 0.466 e. The molecular formula is C35H34N2O12S2. The highest BCUT2D eigenvalue weighted by Gasteiger charge is 2.32. The lowest BCUT2D eigenvalue weighted by Gasteiger charge is -2.19. The van der Waals surface area contributed by atoms with E-state index in [2.05, 4.69) is 0 Å². The van der Waals surface area contributed by atoms with Crippen molar-refractivity contribution in [1.29, 1.82) is 0 Å². The SMILES string of the molecule is CCn1c2ccc(S(=O)(=O)O)cc2c(=O)c2cc3c(cc21)c(=O)c1cc(S(=O)(=O)O)ccc1n3CCCCCC(=O)OCCC1C(=O)CCC1=O. The Kier molecular flexibility index (Phi) is 9.71. The normalized spacial score (nSPS) is 14.4. The van der Waals surface area contributed by atoms with E-state index in [9.17, 15) is 49.9 Å². The molecule has 2 aromatic heterocycles. The smallest absolute Gasteiger partial charge is 0.305 e. The van der Waals surface area contributed by atoms with Crippen molar-refractivity contribution >= 4 is 81.4 Å². The van der Waals surface area contributed by atoms with Gasteiger partial charge in [0.25, 0.3) is 20.2 Å². The third-order valence-electron chi connectivity index (χ3n) is 9.43. The van der Waals surface area contributed by atoms with Crippen molar-refractivity contribution in [2.75, 3.05) is 6.61 Å². The minimum Gasteiger partial charge on any atom is -0.466 e. The van der Waals surface area contributed by atoms with Gasteiger partial charge in [-0.2, -0.15) is 16.8 Å². The zero-order chi connectivity index (χ0) is 36.8. The molecule has 3 aromatic carbocycles. The first-order chi connectivity index (χ1) is 24.1. The molecule has 0 atom stereocenters. The summed E-state index contributed by atoms with van der Waals surface area (Å²) in [5, 5.41) is 0.402. The van der Waals surface area contributed by atoms with Crippen LogP contribution in [0.5, 0.6) is 0 Å². The molecule has 5 aromatic rings. The topological polar surface area (TPSA) is 213 Å². The molecule has 51 heavy (non-hydrogen) atoms. The van der Waals surface area contributed by atoms with Crippen molar-refractivity contribution in [3.05, 3.63) is 69.0 Å². The second kappa shape index (κ2) is 13.7. The first-order valence-electron chi connectivity index (χ1n) is 16.4. The van der Waals surface area contributed by atoms with Crippen LogP contribution in [0.15, 0.2) is 67.9 Å². The van der Waals surface area contributed by atoms with Gasteiger partial charge in [0.1, 0.15) is 11.6 Å². The second-order valence-electron chi connectivity index (χ2n) is 12.6. The van der Waals surface area contributed by atoms with Gasteiger partial charge in [0, 0.05) is 53.9 Å². The predicted octanol–water partition coefficient (Wildman–Crippen LogP) is 4.18. The molecule has 0 unspecified atom stereocenters. The van der Waals surface area contributed by atoms with Crippen LogP contribution in [0.1, 0.15) is 51.9 Å². The number of pyridine rings is 2. The number of ether oxygens (including phenoxy) is 1. The van der Waals surface area contributed by atoms with Crippen LogP contribution in [0.2, 0.25) is 0 Å². The van der Waals surface area contributed by atoms with E-state index in [0.717, 1.165) is 18.2 Å². The van der Waals surface area contributed by atoms with Crippen LogP contribution >= 0.6 is 0 Å². The van der Waals surface area contributed by atoms with Gasteiger partial charge in [-0.05, 0) is 74.7 Å². The van der Waals surface area contributed by atoms with Gasteiger partial charge in [-0.15, -0.1) is 0 Å². The molecule has 0 bridgehead atoms. The standard InChI is InChI=1S/C35H34N2O12S2/c1-2-36-27-9-7-20(50(43,44)45)16-23(27)34(41)25-19-30-26(18-29(25)36)35(42)24-17-21(51(46,47)48)8-10-28(24)37(30)14-5-3-4-6-33(40)49-15-13-22-31(38)11-12-32(22)39/h7-10,16-19,22H,2-6,11-15H2,1H3,(H,43,44,45)(H,46,47,48). The van der Waals surface area contributed by atoms with Crippen LogP contribution in [0, 0.1) is 5.92 Å². The Morgan fingerprint density at radius 3 is 1.71 bits per heavy atom. The number of unbranched alkanes of at least 4 members (excludes halogenated alkanes) is 2. The minimum atomic E-state index is -4.65. The number of esters is 1. The van der Waals surface area contributed by atoms with Crippen molar-refractivity contribution in [3.63, 3.8) is 0 Å². The Morgan fingerprint density at radius 2 is 1.20 bits per heavy atom. The maximum Gasteiger partial charge on any atom is 0.305 e. The fourth-order valence-corrected chi connectivity index (χ4v) is 7.89. The summed E-state index contributed by atoms with van der Waals surface area (Å²) >= 11 is 0. The summed E-state index contributed by atoms with van der Waals surface area (Å²) in [6, 6.07) is 10.4. The summed E-state index contributed by atoms with van der Waals surface area (Å²) < 4.78 is 75.8. The van der Waals surface area contributed by atoms with Crippen molar-refractivity contribution in [2.45, 2.75) is 74.7 Å². The molecule has 2 heterocycles. The maximum atomic E-state index is 14.0. The number of hydrogen-bond donors (Lipinski definition) is 2. The first kappa shape index (κ1) is 36.0. The fourth-order valence-electron chi connectivity index (χ4n) is 6.88. The molecule has 0 radical (unpaired) electrons. The number of aryl methyl sites for hydroxylation is 2. The molecule has 16 heteroatoms. The van der Waals surface area contributed by atoms with Crippen molar-refractivity contribution in [1.82, 2.24) is 9.13 Å². The van der Waals surface area contributed by atoms with E-state index >= 15 is 0 Å². The lowest BCUT2D eigenvalue weighted by Crippen LogP contribution is -2.18. The van der Waals surface area contributed by atoms with Gasteiger partial charge in [0.2, 0.25) is 0 Å². The molecule has 1 aliphatic rings. The summed E-state index contributed by atoms with van der Waals surface area (Å²) in [4.78, 5) is 62.9. The Morgan fingerprint density at radius 1 is 0.706 bits per heavy atom. The Labute approximate surface area is 291 Å². The minimum absolute atomic E-state index is 0.0174. The first-order valence-corrected chi connectivity index (χ1v) is 19.2. The van der Waals surface area contributed by atoms with Crippen LogP contribution < -0.4 is 10.9 Å². The second-order valence-corrected chi connectivity index (χ2v) is 15.4. The number of hydrogen-bond acceptors (Lipinski definition) is 10. The monoisotopic (exact) mass is 738 g/mol. The number of benzene rings is 3. The molecule has 6 rings (SSSR count). The molecule has 14 nitrogen and oxygen atoms in total. The highest BCUT2D eigenvalue weighted by molar-refractivity contribution is 7.86. The van der Waals surface area contributed by atoms with Crippen molar-refractivity contribution in [2.24, 2.45) is 5.92 Å². The quantitative estimate of drug-likeness (QED) is 0.0607. The number of nitrogens with zero attached hydrogens (tertiary/aromatic N) is 2. The summed E-state index contributed by atoms with van der Waals surface area (Å²) in [7, 11) is -9.26. The number of carbonyl (C=O) groups is 3. The summed E-state index contributed by atoms with van der Waals surface area (Å²) in [6.07, 6.45) is 2.17. The summed E-state index contributed by atoms with van der Waals surface area (Å²) in [6.45, 7) is 2.36. The molecular weight excluding hydrogens is 705 g/mol. The molecule has 0 saturated heterocycles. The molecule has 0 spiro atoms. The molecule has 1 fully saturated rings. The summed E-state index contributed by atoms with van der Waals surface area (Å²) in [5.74, 6) is -1.43. The van der Waals surface area contributed by atoms with Crippen LogP contribution in [0.4, 0.5) is 0 Å². The Bertz CT molecular complexity index is 2630. The Balaban J connectivity index is 1.36. The van der Waals surface area contributed by atoms with Gasteiger partial charge < -0.3 is 13.9 Å². The molecule has 268 valence electrons. The molecule has 1 aliphatic carbocycles. The van der Waals surface area contributed by atoms with Gasteiger partial charge in [-0.25, -0.2) is 0 Å². The van der Waals surface area contributed by atoms with E-state index in [1.54, 1.807) is 16.1 Å². The van der Waals surface area contributed by atoms with Crippen LogP contribution in [-0.4, -0.2) is 59.2 Å². The van der Waals surface area contributed by atoms with Gasteiger partial charge in [0.05, 0.1) is 44.4 Å². The zero-order valence-electron chi connectivity index (χ0n) is 27.5. The zero-order valence-corrected chi connectivity index (χ0v) is 29.1. The molecule has 2 N–H and O–H groups in total. The predicted molar refractivity (Wildman–Crippen MR) is 187 cm³/mol. The number of ketones is 2. The van der Waals surface area contributed by atoms with Crippen LogP contribution in [-0.2, 0) is 52.4 Å². The van der Waals surface area contributed by atoms with Gasteiger partial charge in [-0.3, -0.25) is 33.1 Å². The summed E-state index contributed by atoms with van der Waals surface area (Å²) in [5.41, 5.74) is 0.356. The van der Waals surface area contributed by atoms with E-state index in [0.29, 0.717) is 47.9 Å². The number of Topliss-reactive ketones (excluding diaryl/α,β-unsaturated/α-hetero) is 2. The van der Waals surface area contributed by atoms with Gasteiger partial charge >= 0.3 is 5.97 Å². The van der Waals surface area contributed by atoms with Crippen LogP contribution in [0.3, 0.4) is 0 Å². The number of carbonyl (C=O) groups excluding carboxylic acids is 3. The lowest BCUT2D eigenvalue weighted by molar-refractivity contribution is -0.145. The van der Waals surface area contributed by atoms with E-state index in [-0.39, 0.29) is 71.9 Å². The third kappa shape index (κ3) is 6.96. The molecule has 1 saturated carbocycles. The molecule has 0 aliphatic heterocycles. The van der Waals surface area contributed by atoms with Gasteiger partial charge in [0.15, 0.2) is 10.9 Å². The van der Waals surface area contributed by atoms with Crippen LogP contribution in [0.25, 0.3) is 43.6 Å². The van der Waals surface area contributed by atoms with E-state index in [1.807, 2.05) is 0 Å². The average Bonchev–Trinajstić information content (AvgIpc) is 3.40. The fraction of sp³-hybridized carbons (Fsp3) is 0.343. The molecule has 0 amide bonds. The average molecular weight is 739 g/mol. The number of aromatic nitrogens is 2. The number of fused-ring (bicyclic) bond motifs is 4. The number of rotatable bonds is 12. The Hall–Kier alpha value is -4.77. The third-order valence-corrected chi connectivity index (χ3v) is 11.1. The van der Waals surface area contributed by atoms with Crippen molar-refractivity contribution in [3.8, 4) is 0 Å². The maximum absolute atomic E-state index is 14.0. The van der Waals surface area contributed by atoms with E-state index < -0.39 is 52.8 Å².